The van der Waals surface area contributed by atoms with Crippen molar-refractivity contribution in [3.05, 3.63) is 35.4 Å². The number of nitrogens with one attached hydrogen (secondary N) is 1. The summed E-state index contributed by atoms with van der Waals surface area (Å²) in [7, 11) is 0. The van der Waals surface area contributed by atoms with Crippen LogP contribution in [0.15, 0.2) is 24.3 Å². The van der Waals surface area contributed by atoms with Crippen LogP contribution in [0.25, 0.3) is 0 Å². The van der Waals surface area contributed by atoms with E-state index >= 15 is 0 Å². The Morgan fingerprint density at radius 3 is 2.37 bits per heavy atom. The van der Waals surface area contributed by atoms with E-state index in [1.165, 1.54) is 0 Å². The summed E-state index contributed by atoms with van der Waals surface area (Å²) in [5, 5.41) is 3.26. The first-order valence-corrected chi connectivity index (χ1v) is 6.28. The Hall–Kier alpha value is -1.07. The first-order chi connectivity index (χ1) is 8.79. The highest BCUT2D eigenvalue weighted by atomic mass is 19.4. The molecule has 0 saturated heterocycles. The molecular weight excluding hydrogens is 255 g/mol. The van der Waals surface area contributed by atoms with E-state index in [0.717, 1.165) is 18.1 Å². The molecule has 2 nitrogen and oxygen atoms in total. The highest BCUT2D eigenvalue weighted by Gasteiger charge is 2.36. The van der Waals surface area contributed by atoms with Gasteiger partial charge in [-0.15, -0.1) is 0 Å². The van der Waals surface area contributed by atoms with E-state index in [-0.39, 0.29) is 6.61 Å². The van der Waals surface area contributed by atoms with Crippen LogP contribution in [0.3, 0.4) is 0 Å². The third-order valence-electron chi connectivity index (χ3n) is 2.67. The topological polar surface area (TPSA) is 21.3 Å². The number of hydrogen-bond donors (Lipinski definition) is 1. The molecule has 0 aromatic heterocycles. The van der Waals surface area contributed by atoms with Gasteiger partial charge in [-0.2, -0.15) is 13.2 Å². The molecule has 108 valence electrons. The molecule has 0 fully saturated rings. The maximum Gasteiger partial charge on any atom is 0.414 e. The highest BCUT2D eigenvalue weighted by molar-refractivity contribution is 5.22. The molecule has 1 unspecified atom stereocenters. The van der Waals surface area contributed by atoms with Crippen LogP contribution in [0.2, 0.25) is 0 Å². The Morgan fingerprint density at radius 1 is 1.16 bits per heavy atom. The zero-order valence-electron chi connectivity index (χ0n) is 11.4. The number of rotatable bonds is 6. The minimum atomic E-state index is -4.31. The molecule has 0 aliphatic rings. The molecule has 1 N–H and O–H groups in total. The maximum atomic E-state index is 12.3. The lowest BCUT2D eigenvalue weighted by Gasteiger charge is -2.16. The predicted octanol–water partition coefficient (Wildman–Crippen LogP) is 3.65. The van der Waals surface area contributed by atoms with Crippen molar-refractivity contribution in [2.45, 2.75) is 52.2 Å². The summed E-state index contributed by atoms with van der Waals surface area (Å²) in [5.74, 6) is 0. The molecule has 0 bridgehead atoms. The van der Waals surface area contributed by atoms with E-state index in [2.05, 4.69) is 5.32 Å². The number of ether oxygens (including phenoxy) is 1. The van der Waals surface area contributed by atoms with Crippen molar-refractivity contribution < 1.29 is 17.9 Å². The second-order valence-corrected chi connectivity index (χ2v) is 4.85. The second-order valence-electron chi connectivity index (χ2n) is 4.85. The van der Waals surface area contributed by atoms with Crippen LogP contribution in [0.4, 0.5) is 13.2 Å². The molecule has 0 aliphatic heterocycles. The van der Waals surface area contributed by atoms with Gasteiger partial charge in [0.2, 0.25) is 0 Å². The monoisotopic (exact) mass is 275 g/mol. The van der Waals surface area contributed by atoms with E-state index in [9.17, 15) is 13.2 Å². The van der Waals surface area contributed by atoms with Gasteiger partial charge in [0.05, 0.1) is 6.61 Å². The van der Waals surface area contributed by atoms with Gasteiger partial charge in [-0.3, -0.25) is 0 Å². The van der Waals surface area contributed by atoms with Gasteiger partial charge in [0.25, 0.3) is 0 Å². The lowest BCUT2D eigenvalue weighted by Crippen LogP contribution is -2.28. The molecule has 1 rings (SSSR count). The highest BCUT2D eigenvalue weighted by Crippen LogP contribution is 2.23. The zero-order valence-corrected chi connectivity index (χ0v) is 11.4. The number of hydrogen-bond acceptors (Lipinski definition) is 2. The summed E-state index contributed by atoms with van der Waals surface area (Å²) >= 11 is 0. The third-order valence-corrected chi connectivity index (χ3v) is 2.67. The van der Waals surface area contributed by atoms with Gasteiger partial charge < -0.3 is 10.1 Å². The van der Waals surface area contributed by atoms with Gasteiger partial charge in [-0.05, 0) is 18.1 Å². The first kappa shape index (κ1) is 16.0. The fraction of sp³-hybridized carbons (Fsp3) is 0.571. The quantitative estimate of drug-likeness (QED) is 0.855. The summed E-state index contributed by atoms with van der Waals surface area (Å²) in [4.78, 5) is 0. The molecule has 1 aromatic carbocycles. The smallest absolute Gasteiger partial charge is 0.364 e. The van der Waals surface area contributed by atoms with Gasteiger partial charge in [0, 0.05) is 12.6 Å². The van der Waals surface area contributed by atoms with E-state index in [4.69, 9.17) is 4.74 Å². The van der Waals surface area contributed by atoms with Crippen molar-refractivity contribution in [3.63, 3.8) is 0 Å². The third kappa shape index (κ3) is 6.07. The fourth-order valence-corrected chi connectivity index (χ4v) is 1.47. The van der Waals surface area contributed by atoms with Crippen LogP contribution < -0.4 is 5.32 Å². The first-order valence-electron chi connectivity index (χ1n) is 6.28. The van der Waals surface area contributed by atoms with E-state index in [0.29, 0.717) is 12.6 Å². The molecule has 1 aromatic rings. The number of benzene rings is 1. The van der Waals surface area contributed by atoms with Crippen LogP contribution in [0.5, 0.6) is 0 Å². The average Bonchev–Trinajstić information content (AvgIpc) is 2.32. The molecule has 0 amide bonds. The summed E-state index contributed by atoms with van der Waals surface area (Å²) in [6, 6.07) is 7.76. The number of halogens is 3. The Kier molecular flexibility index (Phi) is 5.82. The minimum absolute atomic E-state index is 0.0316. The molecule has 1 atom stereocenters. The van der Waals surface area contributed by atoms with Gasteiger partial charge >= 0.3 is 6.18 Å². The normalized spacial score (nSPS) is 13.8. The zero-order chi connectivity index (χ0) is 14.5. The summed E-state index contributed by atoms with van der Waals surface area (Å²) in [6.45, 7) is 5.76. The summed E-state index contributed by atoms with van der Waals surface area (Å²) < 4.78 is 41.7. The van der Waals surface area contributed by atoms with Crippen molar-refractivity contribution in [1.82, 2.24) is 5.32 Å². The Labute approximate surface area is 112 Å². The number of alkyl halides is 3. The average molecular weight is 275 g/mol. The Bertz CT molecular complexity index is 391. The molecule has 19 heavy (non-hydrogen) atoms. The van der Waals surface area contributed by atoms with E-state index < -0.39 is 12.3 Å². The van der Waals surface area contributed by atoms with Gasteiger partial charge in [0.15, 0.2) is 6.10 Å². The van der Waals surface area contributed by atoms with Crippen LogP contribution >= 0.6 is 0 Å². The van der Waals surface area contributed by atoms with Crippen LogP contribution in [-0.2, 0) is 17.9 Å². The van der Waals surface area contributed by atoms with Crippen molar-refractivity contribution in [2.75, 3.05) is 0 Å². The van der Waals surface area contributed by atoms with Crippen LogP contribution in [-0.4, -0.2) is 18.3 Å². The van der Waals surface area contributed by atoms with E-state index in [1.54, 1.807) is 6.07 Å². The van der Waals surface area contributed by atoms with Gasteiger partial charge in [-0.25, -0.2) is 0 Å². The predicted molar refractivity (Wildman–Crippen MR) is 68.7 cm³/mol. The standard InChI is InChI=1S/C14H20F3NO/c1-10(2)18-8-12-5-4-6-13(7-12)9-19-11(3)14(15,16)17/h4-7,10-11,18H,8-9H2,1-3H3. The summed E-state index contributed by atoms with van der Waals surface area (Å²) in [6.07, 6.45) is -6.05. The van der Waals surface area contributed by atoms with Crippen molar-refractivity contribution in [3.8, 4) is 0 Å². The van der Waals surface area contributed by atoms with Gasteiger partial charge in [0.1, 0.15) is 0 Å². The summed E-state index contributed by atoms with van der Waals surface area (Å²) in [5.41, 5.74) is 1.79. The maximum absolute atomic E-state index is 12.3. The largest absolute Gasteiger partial charge is 0.414 e. The van der Waals surface area contributed by atoms with Crippen molar-refractivity contribution >= 4 is 0 Å². The van der Waals surface area contributed by atoms with Crippen molar-refractivity contribution in [2.24, 2.45) is 0 Å². The minimum Gasteiger partial charge on any atom is -0.364 e. The molecule has 0 heterocycles. The van der Waals surface area contributed by atoms with E-state index in [1.807, 2.05) is 32.0 Å². The lowest BCUT2D eigenvalue weighted by atomic mass is 10.1. The molecule has 0 radical (unpaired) electrons. The molecule has 0 aliphatic carbocycles. The SMILES string of the molecule is CC(C)NCc1cccc(COC(C)C(F)(F)F)c1. The molecular formula is C14H20F3NO. The van der Waals surface area contributed by atoms with Crippen LogP contribution in [0, 0.1) is 0 Å². The Morgan fingerprint density at radius 2 is 1.79 bits per heavy atom. The Balaban J connectivity index is 2.53. The molecule has 5 heteroatoms. The lowest BCUT2D eigenvalue weighted by molar-refractivity contribution is -0.217. The molecule has 0 saturated carbocycles. The van der Waals surface area contributed by atoms with Crippen LogP contribution in [0.1, 0.15) is 31.9 Å². The molecule has 0 spiro atoms. The fourth-order valence-electron chi connectivity index (χ4n) is 1.47. The van der Waals surface area contributed by atoms with Crippen molar-refractivity contribution in [1.29, 1.82) is 0 Å². The van der Waals surface area contributed by atoms with Gasteiger partial charge in [-0.1, -0.05) is 38.1 Å². The second kappa shape index (κ2) is 6.91.